The van der Waals surface area contributed by atoms with Crippen LogP contribution in [0.3, 0.4) is 0 Å². The maximum atomic E-state index is 12.0. The molecule has 1 aromatic rings. The highest BCUT2D eigenvalue weighted by Gasteiger charge is 2.35. The predicted molar refractivity (Wildman–Crippen MR) is 87.0 cm³/mol. The number of fused-ring (bicyclic) bond motifs is 2. The van der Waals surface area contributed by atoms with Crippen molar-refractivity contribution >= 4 is 5.78 Å². The molecule has 0 amide bonds. The molecule has 3 heteroatoms. The maximum Gasteiger partial charge on any atom is 0.187 e. The number of hydrogen-bond acceptors (Lipinski definition) is 3. The molecular formula is C18H26N2O. The van der Waals surface area contributed by atoms with Gasteiger partial charge < -0.3 is 11.1 Å². The Bertz CT molecular complexity index is 529. The zero-order valence-electron chi connectivity index (χ0n) is 12.4. The quantitative estimate of drug-likeness (QED) is 0.646. The molecule has 2 aliphatic rings. The topological polar surface area (TPSA) is 55.1 Å². The number of hydrogen-bond donors (Lipinski definition) is 2. The lowest BCUT2D eigenvalue weighted by molar-refractivity contribution is 0.104. The molecule has 0 heterocycles. The van der Waals surface area contributed by atoms with Crippen LogP contribution in [0.2, 0.25) is 0 Å². The number of rotatable bonds is 5. The van der Waals surface area contributed by atoms with E-state index in [1.807, 2.05) is 30.3 Å². The zero-order valence-corrected chi connectivity index (χ0v) is 12.4. The highest BCUT2D eigenvalue weighted by atomic mass is 16.1. The largest absolute Gasteiger partial charge is 0.401 e. The smallest absolute Gasteiger partial charge is 0.187 e. The molecule has 0 aliphatic heterocycles. The number of nitrogens with one attached hydrogen (secondary N) is 1. The van der Waals surface area contributed by atoms with Crippen molar-refractivity contribution in [2.24, 2.45) is 17.6 Å². The summed E-state index contributed by atoms with van der Waals surface area (Å²) in [7, 11) is 0. The second-order valence-corrected chi connectivity index (χ2v) is 6.45. The van der Waals surface area contributed by atoms with Crippen LogP contribution in [0, 0.1) is 11.8 Å². The van der Waals surface area contributed by atoms with Crippen molar-refractivity contribution in [3.8, 4) is 0 Å². The van der Waals surface area contributed by atoms with Crippen LogP contribution in [0.1, 0.15) is 43.9 Å². The van der Waals surface area contributed by atoms with Gasteiger partial charge in [0.1, 0.15) is 0 Å². The van der Waals surface area contributed by atoms with E-state index in [2.05, 4.69) is 5.32 Å². The Labute approximate surface area is 128 Å². The summed E-state index contributed by atoms with van der Waals surface area (Å²) < 4.78 is 0. The third-order valence-electron chi connectivity index (χ3n) is 4.98. The van der Waals surface area contributed by atoms with Gasteiger partial charge in [0.2, 0.25) is 0 Å². The molecule has 0 aromatic heterocycles. The van der Waals surface area contributed by atoms with E-state index in [-0.39, 0.29) is 7.21 Å². The summed E-state index contributed by atoms with van der Waals surface area (Å²) in [6.07, 6.45) is 8.30. The van der Waals surface area contributed by atoms with Crippen molar-refractivity contribution in [3.63, 3.8) is 0 Å². The third-order valence-corrected chi connectivity index (χ3v) is 4.98. The summed E-state index contributed by atoms with van der Waals surface area (Å²) >= 11 is 0. The number of benzene rings is 1. The van der Waals surface area contributed by atoms with Crippen molar-refractivity contribution < 1.29 is 6.22 Å². The van der Waals surface area contributed by atoms with Gasteiger partial charge in [0, 0.05) is 31.3 Å². The fraction of sp³-hybridized carbons (Fsp3) is 0.500. The molecule has 3 rings (SSSR count). The van der Waals surface area contributed by atoms with E-state index in [1.54, 1.807) is 6.08 Å². The summed E-state index contributed by atoms with van der Waals surface area (Å²) in [5.41, 5.74) is 7.32. The van der Waals surface area contributed by atoms with Crippen molar-refractivity contribution in [3.05, 3.63) is 47.7 Å². The van der Waals surface area contributed by atoms with Crippen LogP contribution in [-0.4, -0.2) is 18.4 Å². The molecule has 21 heavy (non-hydrogen) atoms. The number of carbonyl (C=O) groups is 1. The monoisotopic (exact) mass is 286 g/mol. The van der Waals surface area contributed by atoms with Crippen LogP contribution in [0.4, 0.5) is 0 Å². The highest BCUT2D eigenvalue weighted by Crippen LogP contribution is 2.41. The first-order chi connectivity index (χ1) is 10.2. The first kappa shape index (κ1) is 14.3. The SMILES string of the molecule is N/C(=C\C(=O)c1ccccc1)CNC1CCC2CCC1C2.[HH]. The zero-order chi connectivity index (χ0) is 14.7. The van der Waals surface area contributed by atoms with Crippen LogP contribution < -0.4 is 11.1 Å². The molecule has 3 nitrogen and oxygen atoms in total. The van der Waals surface area contributed by atoms with Crippen LogP contribution >= 0.6 is 0 Å². The van der Waals surface area contributed by atoms with Gasteiger partial charge in [0.25, 0.3) is 0 Å². The Morgan fingerprint density at radius 3 is 2.81 bits per heavy atom. The van der Waals surface area contributed by atoms with E-state index < -0.39 is 0 Å². The van der Waals surface area contributed by atoms with Gasteiger partial charge in [-0.25, -0.2) is 0 Å². The summed E-state index contributed by atoms with van der Waals surface area (Å²) in [4.78, 5) is 12.0. The Morgan fingerprint density at radius 1 is 1.24 bits per heavy atom. The van der Waals surface area contributed by atoms with E-state index in [0.29, 0.717) is 23.8 Å². The summed E-state index contributed by atoms with van der Waals surface area (Å²) in [6.45, 7) is 0.615. The normalized spacial score (nSPS) is 28.6. The molecule has 2 bridgehead atoms. The molecule has 2 aliphatic carbocycles. The maximum absolute atomic E-state index is 12.0. The first-order valence-corrected chi connectivity index (χ1v) is 8.01. The Morgan fingerprint density at radius 2 is 2.00 bits per heavy atom. The lowest BCUT2D eigenvalue weighted by Gasteiger charge is -2.29. The molecule has 2 saturated carbocycles. The van der Waals surface area contributed by atoms with E-state index in [1.165, 1.54) is 32.1 Å². The molecular weight excluding hydrogens is 260 g/mol. The van der Waals surface area contributed by atoms with Crippen molar-refractivity contribution in [1.29, 1.82) is 0 Å². The molecule has 3 atom stereocenters. The lowest BCUT2D eigenvalue weighted by Crippen LogP contribution is -2.39. The molecule has 1 aromatic carbocycles. The first-order valence-electron chi connectivity index (χ1n) is 8.01. The highest BCUT2D eigenvalue weighted by molar-refractivity contribution is 6.04. The molecule has 2 fully saturated rings. The second kappa shape index (κ2) is 6.44. The van der Waals surface area contributed by atoms with E-state index >= 15 is 0 Å². The van der Waals surface area contributed by atoms with Crippen LogP contribution in [0.25, 0.3) is 0 Å². The summed E-state index contributed by atoms with van der Waals surface area (Å²) in [5.74, 6) is 1.78. The van der Waals surface area contributed by atoms with Gasteiger partial charge in [0.15, 0.2) is 5.78 Å². The van der Waals surface area contributed by atoms with Gasteiger partial charge in [-0.3, -0.25) is 4.79 Å². The molecule has 0 spiro atoms. The van der Waals surface area contributed by atoms with Crippen LogP contribution in [-0.2, 0) is 0 Å². The number of nitrogens with two attached hydrogens (primary N) is 1. The average molecular weight is 286 g/mol. The van der Waals surface area contributed by atoms with Gasteiger partial charge in [-0.2, -0.15) is 0 Å². The minimum absolute atomic E-state index is 0. The van der Waals surface area contributed by atoms with Gasteiger partial charge in [-0.15, -0.1) is 0 Å². The van der Waals surface area contributed by atoms with Gasteiger partial charge in [-0.1, -0.05) is 36.8 Å². The standard InChI is InChI=1S/C18H24N2O.H2/c19-16(11-18(21)14-4-2-1-3-5-14)12-20-17-9-7-13-6-8-15(17)10-13;/h1-5,11,13,15,17,20H,6-10,12,19H2;1H/b16-11-;. The minimum Gasteiger partial charge on any atom is -0.401 e. The van der Waals surface area contributed by atoms with Gasteiger partial charge in [0.05, 0.1) is 0 Å². The lowest BCUT2D eigenvalue weighted by atomic mass is 9.85. The molecule has 3 N–H and O–H groups in total. The fourth-order valence-electron chi connectivity index (χ4n) is 3.82. The molecule has 114 valence electrons. The van der Waals surface area contributed by atoms with E-state index in [4.69, 9.17) is 5.73 Å². The molecule has 3 unspecified atom stereocenters. The second-order valence-electron chi connectivity index (χ2n) is 6.45. The van der Waals surface area contributed by atoms with Gasteiger partial charge in [-0.05, 0) is 37.5 Å². The predicted octanol–water partition coefficient (Wildman–Crippen LogP) is 3.13. The van der Waals surface area contributed by atoms with E-state index in [9.17, 15) is 4.79 Å². The third kappa shape index (κ3) is 3.53. The Hall–Kier alpha value is -1.61. The number of carbonyl (C=O) groups excluding carboxylic acids is 1. The molecule has 0 saturated heterocycles. The Balaban J connectivity index is 0.00000176. The minimum atomic E-state index is -0.0144. The number of ketones is 1. The average Bonchev–Trinajstić information content (AvgIpc) is 2.89. The van der Waals surface area contributed by atoms with Crippen LogP contribution in [0.5, 0.6) is 0 Å². The fourth-order valence-corrected chi connectivity index (χ4v) is 3.82. The van der Waals surface area contributed by atoms with Crippen molar-refractivity contribution in [1.82, 2.24) is 5.32 Å². The van der Waals surface area contributed by atoms with Crippen molar-refractivity contribution in [2.45, 2.75) is 38.1 Å². The van der Waals surface area contributed by atoms with E-state index in [0.717, 1.165) is 11.8 Å². The molecule has 0 radical (unpaired) electrons. The van der Waals surface area contributed by atoms with Gasteiger partial charge >= 0.3 is 0 Å². The summed E-state index contributed by atoms with van der Waals surface area (Å²) in [6, 6.07) is 9.87. The summed E-state index contributed by atoms with van der Waals surface area (Å²) in [5, 5.41) is 3.56. The van der Waals surface area contributed by atoms with Crippen LogP contribution in [0.15, 0.2) is 42.1 Å². The Kier molecular flexibility index (Phi) is 4.39. The van der Waals surface area contributed by atoms with Crippen molar-refractivity contribution in [2.75, 3.05) is 6.54 Å². The number of allylic oxidation sites excluding steroid dienone is 1.